The number of aliphatic hydroxyl groups excluding tert-OH is 1. The maximum atomic E-state index is 11.0. The second-order valence-electron chi connectivity index (χ2n) is 4.16. The van der Waals surface area contributed by atoms with Gasteiger partial charge in [0.05, 0.1) is 6.61 Å². The zero-order valence-electron chi connectivity index (χ0n) is 9.47. The van der Waals surface area contributed by atoms with E-state index >= 15 is 0 Å². The molecule has 1 atom stereocenters. The van der Waals surface area contributed by atoms with E-state index in [0.717, 1.165) is 22.6 Å². The fraction of sp³-hybridized carbons (Fsp3) is 0.214. The van der Waals surface area contributed by atoms with Gasteiger partial charge in [-0.25, -0.2) is 0 Å². The van der Waals surface area contributed by atoms with Gasteiger partial charge in [0.1, 0.15) is 6.29 Å². The third-order valence-electron chi connectivity index (χ3n) is 2.85. The predicted molar refractivity (Wildman–Crippen MR) is 68.1 cm³/mol. The summed E-state index contributed by atoms with van der Waals surface area (Å²) >= 11 is 0. The van der Waals surface area contributed by atoms with Crippen molar-refractivity contribution in [2.45, 2.75) is 12.5 Å². The van der Waals surface area contributed by atoms with Crippen LogP contribution in [0.3, 0.4) is 0 Å². The van der Waals surface area contributed by atoms with E-state index < -0.39 is 0 Å². The quantitative estimate of drug-likeness (QED) is 0.781. The summed E-state index contributed by atoms with van der Waals surface area (Å²) < 4.78 is 0. The highest BCUT2D eigenvalue weighted by Crippen LogP contribution is 2.20. The molecule has 0 amide bonds. The van der Waals surface area contributed by atoms with Crippen molar-refractivity contribution < 1.29 is 9.90 Å². The molecule has 88 valence electrons. The van der Waals surface area contributed by atoms with Crippen molar-refractivity contribution in [1.29, 1.82) is 0 Å². The molecule has 0 heterocycles. The summed E-state index contributed by atoms with van der Waals surface area (Å²) in [6, 6.07) is 11.4. The summed E-state index contributed by atoms with van der Waals surface area (Å²) in [5, 5.41) is 11.1. The number of hydrogen-bond acceptors (Lipinski definition) is 3. The molecule has 0 spiro atoms. The lowest BCUT2D eigenvalue weighted by Gasteiger charge is -2.11. The van der Waals surface area contributed by atoms with E-state index in [0.29, 0.717) is 12.0 Å². The molecular formula is C14H15NO2. The lowest BCUT2D eigenvalue weighted by atomic mass is 9.97. The monoisotopic (exact) mass is 229 g/mol. The number of carbonyl (C=O) groups is 1. The topological polar surface area (TPSA) is 63.3 Å². The summed E-state index contributed by atoms with van der Waals surface area (Å²) in [6.07, 6.45) is 1.35. The van der Waals surface area contributed by atoms with E-state index in [-0.39, 0.29) is 12.6 Å². The molecule has 3 nitrogen and oxygen atoms in total. The Bertz CT molecular complexity index is 537. The van der Waals surface area contributed by atoms with Crippen molar-refractivity contribution in [1.82, 2.24) is 0 Å². The van der Waals surface area contributed by atoms with E-state index in [1.807, 2.05) is 36.4 Å². The Kier molecular flexibility index (Phi) is 3.52. The Morgan fingerprint density at radius 3 is 2.47 bits per heavy atom. The van der Waals surface area contributed by atoms with Crippen molar-refractivity contribution in [3.05, 3.63) is 47.5 Å². The standard InChI is InChI=1S/C14H15NO2/c15-14(9-17)7-12-5-10-3-1-2-4-11(10)6-13(12)8-16/h1-6,8,14,17H,7,9,15H2. The van der Waals surface area contributed by atoms with Gasteiger partial charge in [-0.3, -0.25) is 4.79 Å². The molecule has 0 fully saturated rings. The first-order chi connectivity index (χ1) is 8.24. The number of aliphatic hydroxyl groups is 1. The van der Waals surface area contributed by atoms with Crippen LogP contribution in [0.4, 0.5) is 0 Å². The molecule has 0 aliphatic rings. The lowest BCUT2D eigenvalue weighted by molar-refractivity contribution is 0.112. The van der Waals surface area contributed by atoms with Gasteiger partial charge in [0.2, 0.25) is 0 Å². The smallest absolute Gasteiger partial charge is 0.150 e. The second kappa shape index (κ2) is 5.08. The van der Waals surface area contributed by atoms with E-state index in [4.69, 9.17) is 10.8 Å². The van der Waals surface area contributed by atoms with E-state index in [1.165, 1.54) is 0 Å². The fourth-order valence-electron chi connectivity index (χ4n) is 1.94. The minimum atomic E-state index is -0.324. The van der Waals surface area contributed by atoms with Crippen LogP contribution >= 0.6 is 0 Å². The SMILES string of the molecule is NC(CO)Cc1cc2ccccc2cc1C=O. The van der Waals surface area contributed by atoms with Crippen molar-refractivity contribution in [2.75, 3.05) is 6.61 Å². The highest BCUT2D eigenvalue weighted by Gasteiger charge is 2.08. The van der Waals surface area contributed by atoms with Crippen LogP contribution in [0.5, 0.6) is 0 Å². The van der Waals surface area contributed by atoms with E-state index in [2.05, 4.69) is 0 Å². The number of hydrogen-bond donors (Lipinski definition) is 2. The number of aldehydes is 1. The summed E-state index contributed by atoms with van der Waals surface area (Å²) in [7, 11) is 0. The number of rotatable bonds is 4. The highest BCUT2D eigenvalue weighted by atomic mass is 16.3. The molecule has 0 saturated carbocycles. The predicted octanol–water partition coefficient (Wildman–Crippen LogP) is 1.51. The van der Waals surface area contributed by atoms with Crippen LogP contribution in [0.1, 0.15) is 15.9 Å². The summed E-state index contributed by atoms with van der Waals surface area (Å²) in [4.78, 5) is 11.0. The van der Waals surface area contributed by atoms with Crippen LogP contribution in [0.2, 0.25) is 0 Å². The number of carbonyl (C=O) groups excluding carboxylic acids is 1. The van der Waals surface area contributed by atoms with Gasteiger partial charge in [-0.15, -0.1) is 0 Å². The molecule has 2 aromatic rings. The van der Waals surface area contributed by atoms with Crippen molar-refractivity contribution >= 4 is 17.1 Å². The summed E-state index contributed by atoms with van der Waals surface area (Å²) in [6.45, 7) is -0.0783. The zero-order chi connectivity index (χ0) is 12.3. The Balaban J connectivity index is 2.49. The van der Waals surface area contributed by atoms with E-state index in [9.17, 15) is 4.79 Å². The number of nitrogens with two attached hydrogens (primary N) is 1. The normalized spacial score (nSPS) is 12.6. The van der Waals surface area contributed by atoms with Gasteiger partial charge in [0.15, 0.2) is 0 Å². The maximum Gasteiger partial charge on any atom is 0.150 e. The molecule has 0 aliphatic heterocycles. The number of benzene rings is 2. The largest absolute Gasteiger partial charge is 0.395 e. The van der Waals surface area contributed by atoms with Gasteiger partial charge in [0, 0.05) is 11.6 Å². The first kappa shape index (κ1) is 11.8. The third kappa shape index (κ3) is 2.52. The molecule has 17 heavy (non-hydrogen) atoms. The van der Waals surface area contributed by atoms with Gasteiger partial charge in [0.25, 0.3) is 0 Å². The van der Waals surface area contributed by atoms with E-state index in [1.54, 1.807) is 0 Å². The molecule has 0 radical (unpaired) electrons. The first-order valence-corrected chi connectivity index (χ1v) is 5.58. The van der Waals surface area contributed by atoms with Crippen LogP contribution in [-0.2, 0) is 6.42 Å². The highest BCUT2D eigenvalue weighted by molar-refractivity contribution is 5.90. The minimum Gasteiger partial charge on any atom is -0.395 e. The Morgan fingerprint density at radius 2 is 1.88 bits per heavy atom. The van der Waals surface area contributed by atoms with Crippen LogP contribution in [0.15, 0.2) is 36.4 Å². The summed E-state index contributed by atoms with van der Waals surface area (Å²) in [5.74, 6) is 0. The molecule has 1 unspecified atom stereocenters. The van der Waals surface area contributed by atoms with Crippen LogP contribution < -0.4 is 5.73 Å². The summed E-state index contributed by atoms with van der Waals surface area (Å²) in [5.41, 5.74) is 7.24. The molecule has 0 aliphatic carbocycles. The second-order valence-corrected chi connectivity index (χ2v) is 4.16. The fourth-order valence-corrected chi connectivity index (χ4v) is 1.94. The Labute approximate surface area is 99.9 Å². The first-order valence-electron chi connectivity index (χ1n) is 5.58. The van der Waals surface area contributed by atoms with Gasteiger partial charge < -0.3 is 10.8 Å². The van der Waals surface area contributed by atoms with Gasteiger partial charge >= 0.3 is 0 Å². The zero-order valence-corrected chi connectivity index (χ0v) is 9.47. The molecular weight excluding hydrogens is 214 g/mol. The lowest BCUT2D eigenvalue weighted by Crippen LogP contribution is -2.27. The molecule has 0 bridgehead atoms. The molecule has 3 N–H and O–H groups in total. The van der Waals surface area contributed by atoms with Crippen LogP contribution in [-0.4, -0.2) is 24.0 Å². The van der Waals surface area contributed by atoms with Gasteiger partial charge in [-0.2, -0.15) is 0 Å². The van der Waals surface area contributed by atoms with Crippen molar-refractivity contribution in [3.63, 3.8) is 0 Å². The minimum absolute atomic E-state index is 0.0783. The van der Waals surface area contributed by atoms with Crippen LogP contribution in [0.25, 0.3) is 10.8 Å². The van der Waals surface area contributed by atoms with Gasteiger partial charge in [-0.05, 0) is 28.8 Å². The van der Waals surface area contributed by atoms with Crippen molar-refractivity contribution in [3.8, 4) is 0 Å². The maximum absolute atomic E-state index is 11.0. The van der Waals surface area contributed by atoms with Crippen molar-refractivity contribution in [2.24, 2.45) is 5.73 Å². The molecule has 0 saturated heterocycles. The molecule has 0 aromatic heterocycles. The van der Waals surface area contributed by atoms with Gasteiger partial charge in [-0.1, -0.05) is 30.3 Å². The Morgan fingerprint density at radius 1 is 1.24 bits per heavy atom. The molecule has 2 aromatic carbocycles. The average Bonchev–Trinajstić information content (AvgIpc) is 2.37. The van der Waals surface area contributed by atoms with Crippen LogP contribution in [0, 0.1) is 0 Å². The number of fused-ring (bicyclic) bond motifs is 1. The average molecular weight is 229 g/mol. The molecule has 2 rings (SSSR count). The third-order valence-corrected chi connectivity index (χ3v) is 2.85. The Hall–Kier alpha value is -1.71. The molecule has 3 heteroatoms.